The van der Waals surface area contributed by atoms with Crippen LogP contribution in [-0.4, -0.2) is 79.0 Å². The van der Waals surface area contributed by atoms with E-state index in [-0.39, 0.29) is 25.2 Å². The molecule has 0 unspecified atom stereocenters. The van der Waals surface area contributed by atoms with Crippen molar-refractivity contribution >= 4 is 23.5 Å². The van der Waals surface area contributed by atoms with Crippen molar-refractivity contribution in [2.24, 2.45) is 0 Å². The van der Waals surface area contributed by atoms with Crippen molar-refractivity contribution in [2.45, 2.75) is 56.2 Å². The van der Waals surface area contributed by atoms with Gasteiger partial charge in [0.25, 0.3) is 5.92 Å². The van der Waals surface area contributed by atoms with Gasteiger partial charge in [0.05, 0.1) is 31.1 Å². The third kappa shape index (κ3) is 4.57. The highest BCUT2D eigenvalue weighted by Crippen LogP contribution is 2.36. The summed E-state index contributed by atoms with van der Waals surface area (Å²) in [5, 5.41) is 12.7. The molecule has 3 atom stereocenters. The molecule has 0 radical (unpaired) electrons. The van der Waals surface area contributed by atoms with Crippen molar-refractivity contribution in [3.63, 3.8) is 0 Å². The summed E-state index contributed by atoms with van der Waals surface area (Å²) in [7, 11) is 0. The van der Waals surface area contributed by atoms with Gasteiger partial charge in [-0.2, -0.15) is 5.10 Å². The molecule has 3 fully saturated rings. The van der Waals surface area contributed by atoms with Crippen molar-refractivity contribution in [1.82, 2.24) is 34.8 Å². The molecule has 1 saturated carbocycles. The number of imidazole rings is 1. The van der Waals surface area contributed by atoms with Crippen molar-refractivity contribution in [3.05, 3.63) is 35.9 Å². The maximum atomic E-state index is 15.0. The SMILES string of the molecule is CC1(NC(=O)O[C@H]2CO[C@@H](c3cc(Nc4nccc5nc(CN6CC(F)(F)C6)cn45)n[nH]3)[C@@H]2F)CC1. The fourth-order valence-corrected chi connectivity index (χ4v) is 4.41. The lowest BCUT2D eigenvalue weighted by Gasteiger charge is -2.38. The molecule has 3 aromatic heterocycles. The number of alkyl halides is 3. The van der Waals surface area contributed by atoms with E-state index < -0.39 is 30.4 Å². The van der Waals surface area contributed by atoms with Crippen LogP contribution in [-0.2, 0) is 16.0 Å². The van der Waals surface area contributed by atoms with Gasteiger partial charge in [0.15, 0.2) is 18.1 Å². The van der Waals surface area contributed by atoms with Gasteiger partial charge < -0.3 is 20.1 Å². The quantitative estimate of drug-likeness (QED) is 0.447. The Balaban J connectivity index is 1.10. The number of rotatable bonds is 7. The molecule has 192 valence electrons. The predicted molar refractivity (Wildman–Crippen MR) is 120 cm³/mol. The van der Waals surface area contributed by atoms with Crippen LogP contribution in [0, 0.1) is 0 Å². The van der Waals surface area contributed by atoms with Crippen LogP contribution >= 0.6 is 0 Å². The molecule has 2 saturated heterocycles. The highest BCUT2D eigenvalue weighted by Gasteiger charge is 2.45. The van der Waals surface area contributed by atoms with Crippen LogP contribution in [0.1, 0.15) is 37.3 Å². The molecule has 1 aliphatic carbocycles. The summed E-state index contributed by atoms with van der Waals surface area (Å²) in [6.45, 7) is 1.58. The first-order valence-electron chi connectivity index (χ1n) is 11.7. The number of hydrogen-bond donors (Lipinski definition) is 3. The van der Waals surface area contributed by atoms with Crippen LogP contribution in [0.25, 0.3) is 5.65 Å². The molecule has 0 aromatic carbocycles. The monoisotopic (exact) mass is 506 g/mol. The lowest BCUT2D eigenvalue weighted by Crippen LogP contribution is -2.55. The molecule has 6 rings (SSSR count). The number of amides is 1. The number of anilines is 2. The first-order chi connectivity index (χ1) is 17.2. The highest BCUT2D eigenvalue weighted by atomic mass is 19.3. The largest absolute Gasteiger partial charge is 0.441 e. The van der Waals surface area contributed by atoms with E-state index in [4.69, 9.17) is 9.47 Å². The average molecular weight is 506 g/mol. The van der Waals surface area contributed by atoms with E-state index in [1.165, 1.54) is 0 Å². The summed E-state index contributed by atoms with van der Waals surface area (Å²) in [5.74, 6) is -1.88. The Morgan fingerprint density at radius 1 is 1.36 bits per heavy atom. The lowest BCUT2D eigenvalue weighted by atomic mass is 10.1. The Labute approximate surface area is 203 Å². The van der Waals surface area contributed by atoms with Gasteiger partial charge in [0.2, 0.25) is 5.95 Å². The Morgan fingerprint density at radius 3 is 2.92 bits per heavy atom. The van der Waals surface area contributed by atoms with Gasteiger partial charge in [-0.15, -0.1) is 0 Å². The zero-order chi connectivity index (χ0) is 25.1. The number of nitrogens with zero attached hydrogens (tertiary/aromatic N) is 5. The second-order valence-electron chi connectivity index (χ2n) is 9.89. The number of nitrogens with one attached hydrogen (secondary N) is 3. The number of aromatic amines is 1. The number of aromatic nitrogens is 5. The van der Waals surface area contributed by atoms with Crippen molar-refractivity contribution in [3.8, 4) is 0 Å². The molecule has 3 aliphatic rings. The average Bonchev–Trinajstić information content (AvgIpc) is 3.14. The Morgan fingerprint density at radius 2 is 2.17 bits per heavy atom. The standard InChI is InChI=1S/C22H25F3N8O3/c1-21(3-4-21)29-20(34)36-14-9-35-18(17(14)23)13-6-15(31-30-13)28-19-26-5-2-16-27-12(8-33(16)19)7-32-10-22(24,25)11-32/h2,5-6,8,14,17-18H,3-4,7,9-11H2,1H3,(H,29,34)(H2,26,28,30,31)/t14-,17+,18-/m0/s1. The number of fused-ring (bicyclic) bond motifs is 1. The molecule has 5 heterocycles. The number of likely N-dealkylation sites (tertiary alicyclic amines) is 1. The maximum absolute atomic E-state index is 15.0. The number of alkyl carbamates (subject to hydrolysis) is 1. The number of H-pyrrole nitrogens is 1. The second-order valence-corrected chi connectivity index (χ2v) is 9.89. The Kier molecular flexibility index (Phi) is 5.33. The van der Waals surface area contributed by atoms with Crippen molar-refractivity contribution < 1.29 is 27.4 Å². The maximum Gasteiger partial charge on any atom is 0.408 e. The lowest BCUT2D eigenvalue weighted by molar-refractivity contribution is -0.134. The van der Waals surface area contributed by atoms with E-state index in [1.54, 1.807) is 33.8 Å². The zero-order valence-corrected chi connectivity index (χ0v) is 19.4. The van der Waals surface area contributed by atoms with Gasteiger partial charge in [0, 0.05) is 30.5 Å². The molecule has 11 nitrogen and oxygen atoms in total. The number of carbonyl (C=O) groups excluding carboxylic acids is 1. The Hall–Kier alpha value is -3.39. The molecule has 36 heavy (non-hydrogen) atoms. The molecule has 1 amide bonds. The van der Waals surface area contributed by atoms with Crippen LogP contribution in [0.3, 0.4) is 0 Å². The van der Waals surface area contributed by atoms with E-state index in [9.17, 15) is 13.6 Å². The van der Waals surface area contributed by atoms with E-state index in [0.29, 0.717) is 35.3 Å². The van der Waals surface area contributed by atoms with Gasteiger partial charge in [-0.05, 0) is 25.8 Å². The minimum absolute atomic E-state index is 0.0701. The van der Waals surface area contributed by atoms with E-state index in [1.807, 2.05) is 6.92 Å². The molecule has 2 aliphatic heterocycles. The third-order valence-corrected chi connectivity index (χ3v) is 6.62. The van der Waals surface area contributed by atoms with Gasteiger partial charge in [-0.3, -0.25) is 14.4 Å². The molecule has 3 aromatic rings. The summed E-state index contributed by atoms with van der Waals surface area (Å²) in [5.41, 5.74) is 1.34. The first kappa shape index (κ1) is 23.0. The van der Waals surface area contributed by atoms with E-state index in [2.05, 4.69) is 30.8 Å². The summed E-state index contributed by atoms with van der Waals surface area (Å²) in [6, 6.07) is 3.29. The third-order valence-electron chi connectivity index (χ3n) is 6.62. The first-order valence-corrected chi connectivity index (χ1v) is 11.7. The summed E-state index contributed by atoms with van der Waals surface area (Å²) >= 11 is 0. The highest BCUT2D eigenvalue weighted by molar-refractivity contribution is 5.69. The van der Waals surface area contributed by atoms with Crippen molar-refractivity contribution in [1.29, 1.82) is 0 Å². The number of ether oxygens (including phenoxy) is 2. The number of halogens is 3. The minimum atomic E-state index is -2.64. The van der Waals surface area contributed by atoms with Crippen LogP contribution in [0.4, 0.5) is 29.7 Å². The summed E-state index contributed by atoms with van der Waals surface area (Å²) < 4.78 is 53.7. The molecule has 0 bridgehead atoms. The topological polar surface area (TPSA) is 122 Å². The van der Waals surface area contributed by atoms with Gasteiger partial charge >= 0.3 is 6.09 Å². The van der Waals surface area contributed by atoms with Crippen LogP contribution in [0.5, 0.6) is 0 Å². The number of carbonyl (C=O) groups is 1. The predicted octanol–water partition coefficient (Wildman–Crippen LogP) is 2.70. The molecule has 0 spiro atoms. The fourth-order valence-electron chi connectivity index (χ4n) is 4.41. The minimum Gasteiger partial charge on any atom is -0.441 e. The summed E-state index contributed by atoms with van der Waals surface area (Å²) in [4.78, 5) is 22.4. The van der Waals surface area contributed by atoms with Crippen LogP contribution < -0.4 is 10.6 Å². The fraction of sp³-hybridized carbons (Fsp3) is 0.545. The van der Waals surface area contributed by atoms with Crippen molar-refractivity contribution in [2.75, 3.05) is 25.0 Å². The Bertz CT molecular complexity index is 1280. The van der Waals surface area contributed by atoms with Crippen LogP contribution in [0.15, 0.2) is 24.5 Å². The van der Waals surface area contributed by atoms with Crippen LogP contribution in [0.2, 0.25) is 0 Å². The number of hydrogen-bond acceptors (Lipinski definition) is 8. The molecule has 14 heteroatoms. The van der Waals surface area contributed by atoms with Gasteiger partial charge in [-0.1, -0.05) is 0 Å². The van der Waals surface area contributed by atoms with Gasteiger partial charge in [-0.25, -0.2) is 27.9 Å². The normalized spacial score (nSPS) is 26.5. The molecule has 3 N–H and O–H groups in total. The van der Waals surface area contributed by atoms with Gasteiger partial charge in [0.1, 0.15) is 11.8 Å². The van der Waals surface area contributed by atoms with E-state index >= 15 is 4.39 Å². The molecular formula is C22H25F3N8O3. The molecular weight excluding hydrogens is 481 g/mol. The van der Waals surface area contributed by atoms with E-state index in [0.717, 1.165) is 12.8 Å². The zero-order valence-electron chi connectivity index (χ0n) is 19.4. The summed E-state index contributed by atoms with van der Waals surface area (Å²) in [6.07, 6.45) is 0.810. The second kappa shape index (κ2) is 8.34. The smallest absolute Gasteiger partial charge is 0.408 e.